The Labute approximate surface area is 144 Å². The van der Waals surface area contributed by atoms with E-state index in [4.69, 9.17) is 5.73 Å². The molecule has 3 heterocycles. The van der Waals surface area contributed by atoms with Gasteiger partial charge in [0.2, 0.25) is 5.91 Å². The van der Waals surface area contributed by atoms with Crippen LogP contribution in [0.15, 0.2) is 15.9 Å². The summed E-state index contributed by atoms with van der Waals surface area (Å²) in [6.07, 6.45) is 3.22. The van der Waals surface area contributed by atoms with Crippen LogP contribution in [-0.2, 0) is 25.4 Å². The van der Waals surface area contributed by atoms with E-state index < -0.39 is 11.2 Å². The molecule has 0 bridgehead atoms. The second kappa shape index (κ2) is 6.78. The molecule has 0 radical (unpaired) electrons. The molecule has 3 rings (SSSR count). The van der Waals surface area contributed by atoms with Crippen LogP contribution in [0.5, 0.6) is 0 Å². The predicted octanol–water partition coefficient (Wildman–Crippen LogP) is -1.19. The third-order valence-electron chi connectivity index (χ3n) is 4.46. The first kappa shape index (κ1) is 18.2. The van der Waals surface area contributed by atoms with Crippen molar-refractivity contribution in [1.29, 1.82) is 0 Å². The number of hydrogen-bond acceptors (Lipinski definition) is 5. The molecule has 132 valence electrons. The minimum absolute atomic E-state index is 0. The van der Waals surface area contributed by atoms with Gasteiger partial charge in [-0.15, -0.1) is 12.4 Å². The fourth-order valence-electron chi connectivity index (χ4n) is 3.17. The van der Waals surface area contributed by atoms with E-state index in [2.05, 4.69) is 4.98 Å². The molecule has 0 saturated carbocycles. The van der Waals surface area contributed by atoms with Crippen molar-refractivity contribution >= 4 is 29.5 Å². The summed E-state index contributed by atoms with van der Waals surface area (Å²) in [6.45, 7) is 0.728. The smallest absolute Gasteiger partial charge is 0.332 e. The van der Waals surface area contributed by atoms with E-state index >= 15 is 0 Å². The summed E-state index contributed by atoms with van der Waals surface area (Å²) >= 11 is 0. The Morgan fingerprint density at radius 3 is 2.75 bits per heavy atom. The molecule has 1 fully saturated rings. The number of rotatable bonds is 3. The molecule has 1 amide bonds. The van der Waals surface area contributed by atoms with Crippen molar-refractivity contribution in [2.24, 2.45) is 19.8 Å². The SMILES string of the molecule is Cl.Cn1cnc2c1c(=O)n(CC(=O)N1CCCC1CN)c(=O)n2C. The maximum atomic E-state index is 12.6. The fourth-order valence-corrected chi connectivity index (χ4v) is 3.17. The van der Waals surface area contributed by atoms with Gasteiger partial charge in [0.05, 0.1) is 6.33 Å². The number of halogens is 1. The van der Waals surface area contributed by atoms with Gasteiger partial charge in [-0.3, -0.25) is 14.2 Å². The van der Waals surface area contributed by atoms with Crippen molar-refractivity contribution in [1.82, 2.24) is 23.6 Å². The van der Waals surface area contributed by atoms with Gasteiger partial charge in [0.25, 0.3) is 5.56 Å². The third-order valence-corrected chi connectivity index (χ3v) is 4.46. The van der Waals surface area contributed by atoms with Crippen LogP contribution in [0.2, 0.25) is 0 Å². The van der Waals surface area contributed by atoms with E-state index in [0.29, 0.717) is 24.3 Å². The summed E-state index contributed by atoms with van der Waals surface area (Å²) in [5, 5.41) is 0. The van der Waals surface area contributed by atoms with E-state index in [-0.39, 0.29) is 30.9 Å². The van der Waals surface area contributed by atoms with E-state index in [0.717, 1.165) is 17.4 Å². The lowest BCUT2D eigenvalue weighted by Gasteiger charge is -2.23. The molecular weight excluding hydrogens is 336 g/mol. The molecule has 1 unspecified atom stereocenters. The summed E-state index contributed by atoms with van der Waals surface area (Å²) in [6, 6.07) is -0.0116. The Balaban J connectivity index is 0.00000208. The first-order valence-corrected chi connectivity index (χ1v) is 7.56. The van der Waals surface area contributed by atoms with Gasteiger partial charge in [-0.25, -0.2) is 14.3 Å². The molecule has 0 aromatic carbocycles. The van der Waals surface area contributed by atoms with Crippen LogP contribution >= 0.6 is 12.4 Å². The van der Waals surface area contributed by atoms with Gasteiger partial charge in [0.15, 0.2) is 11.2 Å². The molecule has 24 heavy (non-hydrogen) atoms. The van der Waals surface area contributed by atoms with Crippen LogP contribution in [0, 0.1) is 0 Å². The molecule has 2 aromatic heterocycles. The van der Waals surface area contributed by atoms with Crippen molar-refractivity contribution in [3.8, 4) is 0 Å². The van der Waals surface area contributed by atoms with Crippen molar-refractivity contribution in [2.45, 2.75) is 25.4 Å². The molecular formula is C14H21ClN6O3. The molecule has 10 heteroatoms. The van der Waals surface area contributed by atoms with Gasteiger partial charge in [0, 0.05) is 33.2 Å². The zero-order valence-electron chi connectivity index (χ0n) is 13.6. The van der Waals surface area contributed by atoms with Crippen molar-refractivity contribution < 1.29 is 4.79 Å². The highest BCUT2D eigenvalue weighted by Crippen LogP contribution is 2.16. The standard InChI is InChI=1S/C14H20N6O3.ClH/c1-17-8-16-12-11(17)13(22)20(14(23)18(12)2)7-10(21)19-5-3-4-9(19)6-15;/h8-9H,3-7,15H2,1-2H3;1H. The summed E-state index contributed by atoms with van der Waals surface area (Å²) < 4.78 is 3.81. The van der Waals surface area contributed by atoms with Gasteiger partial charge < -0.3 is 15.2 Å². The lowest BCUT2D eigenvalue weighted by molar-refractivity contribution is -0.132. The molecule has 0 aliphatic carbocycles. The predicted molar refractivity (Wildman–Crippen MR) is 91.3 cm³/mol. The molecule has 2 aromatic rings. The van der Waals surface area contributed by atoms with Gasteiger partial charge in [0.1, 0.15) is 6.54 Å². The quantitative estimate of drug-likeness (QED) is 0.743. The Morgan fingerprint density at radius 1 is 1.38 bits per heavy atom. The van der Waals surface area contributed by atoms with Crippen LogP contribution in [0.1, 0.15) is 12.8 Å². The first-order chi connectivity index (χ1) is 11.0. The van der Waals surface area contributed by atoms with E-state index in [9.17, 15) is 14.4 Å². The first-order valence-electron chi connectivity index (χ1n) is 7.56. The van der Waals surface area contributed by atoms with E-state index in [1.165, 1.54) is 17.9 Å². The number of aryl methyl sites for hydroxylation is 2. The Kier molecular flexibility index (Phi) is 5.14. The summed E-state index contributed by atoms with van der Waals surface area (Å²) in [5.74, 6) is -0.251. The largest absolute Gasteiger partial charge is 0.337 e. The number of nitrogens with zero attached hydrogens (tertiary/aromatic N) is 5. The number of aromatic nitrogens is 4. The van der Waals surface area contributed by atoms with Gasteiger partial charge in [-0.05, 0) is 12.8 Å². The minimum Gasteiger partial charge on any atom is -0.337 e. The fraction of sp³-hybridized carbons (Fsp3) is 0.571. The van der Waals surface area contributed by atoms with Crippen LogP contribution < -0.4 is 17.0 Å². The lowest BCUT2D eigenvalue weighted by atomic mass is 10.2. The Hall–Kier alpha value is -2.13. The number of amides is 1. The number of carbonyl (C=O) groups is 1. The van der Waals surface area contributed by atoms with Crippen molar-refractivity contribution in [3.05, 3.63) is 27.2 Å². The third kappa shape index (κ3) is 2.73. The maximum Gasteiger partial charge on any atom is 0.332 e. The van der Waals surface area contributed by atoms with Crippen LogP contribution in [0.4, 0.5) is 0 Å². The molecule has 9 nitrogen and oxygen atoms in total. The van der Waals surface area contributed by atoms with Crippen molar-refractivity contribution in [3.63, 3.8) is 0 Å². The maximum absolute atomic E-state index is 12.6. The van der Waals surface area contributed by atoms with Crippen LogP contribution in [-0.4, -0.2) is 48.6 Å². The number of likely N-dealkylation sites (tertiary alicyclic amines) is 1. The summed E-state index contributed by atoms with van der Waals surface area (Å²) in [7, 11) is 3.22. The van der Waals surface area contributed by atoms with E-state index in [1.54, 1.807) is 16.5 Å². The second-order valence-corrected chi connectivity index (χ2v) is 5.88. The number of imidazole rings is 1. The van der Waals surface area contributed by atoms with Crippen molar-refractivity contribution in [2.75, 3.05) is 13.1 Å². The highest BCUT2D eigenvalue weighted by atomic mass is 35.5. The molecule has 1 aliphatic heterocycles. The average Bonchev–Trinajstić information content (AvgIpc) is 3.15. The van der Waals surface area contributed by atoms with Crippen LogP contribution in [0.3, 0.4) is 0 Å². The highest BCUT2D eigenvalue weighted by Gasteiger charge is 2.28. The minimum atomic E-state index is -0.543. The summed E-state index contributed by atoms with van der Waals surface area (Å²) in [5.41, 5.74) is 5.25. The van der Waals surface area contributed by atoms with E-state index in [1.807, 2.05) is 0 Å². The normalized spacial score (nSPS) is 17.3. The average molecular weight is 357 g/mol. The number of nitrogens with two attached hydrogens (primary N) is 1. The Morgan fingerprint density at radius 2 is 2.08 bits per heavy atom. The molecule has 1 atom stereocenters. The van der Waals surface area contributed by atoms with Crippen LogP contribution in [0.25, 0.3) is 11.2 Å². The zero-order chi connectivity index (χ0) is 16.7. The summed E-state index contributed by atoms with van der Waals surface area (Å²) in [4.78, 5) is 43.2. The number of fused-ring (bicyclic) bond motifs is 1. The number of hydrogen-bond donors (Lipinski definition) is 1. The van der Waals surface area contributed by atoms with Gasteiger partial charge in [-0.1, -0.05) is 0 Å². The monoisotopic (exact) mass is 356 g/mol. The molecule has 0 spiro atoms. The lowest BCUT2D eigenvalue weighted by Crippen LogP contribution is -2.47. The zero-order valence-corrected chi connectivity index (χ0v) is 14.5. The van der Waals surface area contributed by atoms with Gasteiger partial charge in [-0.2, -0.15) is 0 Å². The highest BCUT2D eigenvalue weighted by molar-refractivity contribution is 5.85. The van der Waals surface area contributed by atoms with Gasteiger partial charge >= 0.3 is 5.69 Å². The number of carbonyl (C=O) groups excluding carboxylic acids is 1. The molecule has 1 aliphatic rings. The second-order valence-electron chi connectivity index (χ2n) is 5.88. The molecule has 1 saturated heterocycles. The molecule has 2 N–H and O–H groups in total. The Bertz CT molecular complexity index is 883. The topological polar surface area (TPSA) is 108 Å².